The molecule has 1 atom stereocenters. The van der Waals surface area contributed by atoms with Crippen molar-refractivity contribution in [3.05, 3.63) is 65.2 Å². The van der Waals surface area contributed by atoms with Crippen LogP contribution in [0.1, 0.15) is 38.8 Å². The van der Waals surface area contributed by atoms with Crippen LogP contribution in [0.15, 0.2) is 42.5 Å². The van der Waals surface area contributed by atoms with Crippen LogP contribution in [0, 0.1) is 11.6 Å². The Bertz CT molecular complexity index is 974. The van der Waals surface area contributed by atoms with E-state index in [0.717, 1.165) is 17.6 Å². The van der Waals surface area contributed by atoms with Gasteiger partial charge in [0.15, 0.2) is 0 Å². The lowest BCUT2D eigenvalue weighted by atomic mass is 9.78. The normalized spacial score (nSPS) is 17.8. The highest BCUT2D eigenvalue weighted by Gasteiger charge is 2.51. The molecule has 6 nitrogen and oxygen atoms in total. The zero-order valence-corrected chi connectivity index (χ0v) is 18.4. The number of halogens is 2. The number of rotatable bonds is 7. The molecule has 1 aliphatic heterocycles. The van der Waals surface area contributed by atoms with Crippen molar-refractivity contribution in [3.63, 3.8) is 0 Å². The number of carboxylic acid groups (broad SMARTS) is 1. The number of carbonyl (C=O) groups excluding carboxylic acids is 1. The van der Waals surface area contributed by atoms with Gasteiger partial charge in [0.2, 0.25) is 5.91 Å². The van der Waals surface area contributed by atoms with E-state index in [9.17, 15) is 23.5 Å². The highest BCUT2D eigenvalue weighted by molar-refractivity contribution is 6.62. The second kappa shape index (κ2) is 9.00. The summed E-state index contributed by atoms with van der Waals surface area (Å²) >= 11 is 0. The molecule has 32 heavy (non-hydrogen) atoms. The standard InChI is InChI=1S/C23H26BF2NO5/c1-22(2)23(3,4)32-24(31-22)15-10-8-14(9-11-15)12-19(21(29)30)27-20(28)13-16-17(25)6-5-7-18(16)26/h5-11,19H,12-13H2,1-4H3,(H,27,28)(H,29,30)/t19-/m1/s1. The number of carboxylic acids is 1. The molecule has 1 aliphatic rings. The zero-order valence-electron chi connectivity index (χ0n) is 18.4. The predicted octanol–water partition coefficient (Wildman–Crippen LogP) is 2.62. The molecule has 2 aromatic rings. The number of hydrogen-bond acceptors (Lipinski definition) is 4. The molecule has 0 aliphatic carbocycles. The number of amides is 1. The molecule has 1 heterocycles. The van der Waals surface area contributed by atoms with Crippen LogP contribution in [0.2, 0.25) is 0 Å². The second-order valence-electron chi connectivity index (χ2n) is 8.87. The van der Waals surface area contributed by atoms with Crippen LogP contribution in [0.4, 0.5) is 8.78 Å². The van der Waals surface area contributed by atoms with Crippen LogP contribution in [-0.4, -0.2) is 41.3 Å². The lowest BCUT2D eigenvalue weighted by molar-refractivity contribution is -0.141. The first-order chi connectivity index (χ1) is 14.9. The molecule has 170 valence electrons. The van der Waals surface area contributed by atoms with E-state index < -0.39 is 59.9 Å². The molecule has 0 bridgehead atoms. The van der Waals surface area contributed by atoms with E-state index in [0.29, 0.717) is 5.56 Å². The SMILES string of the molecule is CC1(C)OB(c2ccc(C[C@@H](NC(=O)Cc3c(F)cccc3F)C(=O)O)cc2)OC1(C)C. The van der Waals surface area contributed by atoms with E-state index in [2.05, 4.69) is 5.32 Å². The first kappa shape index (κ1) is 23.9. The fourth-order valence-corrected chi connectivity index (χ4v) is 3.33. The van der Waals surface area contributed by atoms with Gasteiger partial charge in [0.25, 0.3) is 0 Å². The maximum Gasteiger partial charge on any atom is 0.494 e. The monoisotopic (exact) mass is 445 g/mol. The van der Waals surface area contributed by atoms with Gasteiger partial charge in [-0.25, -0.2) is 13.6 Å². The van der Waals surface area contributed by atoms with Crippen LogP contribution >= 0.6 is 0 Å². The van der Waals surface area contributed by atoms with Gasteiger partial charge in [-0.3, -0.25) is 4.79 Å². The third kappa shape index (κ3) is 5.16. The van der Waals surface area contributed by atoms with E-state index in [4.69, 9.17) is 9.31 Å². The number of aliphatic carboxylic acids is 1. The topological polar surface area (TPSA) is 84.9 Å². The van der Waals surface area contributed by atoms with Gasteiger partial charge in [-0.1, -0.05) is 30.3 Å². The smallest absolute Gasteiger partial charge is 0.480 e. The molecule has 9 heteroatoms. The third-order valence-electron chi connectivity index (χ3n) is 5.98. The predicted molar refractivity (Wildman–Crippen MR) is 115 cm³/mol. The van der Waals surface area contributed by atoms with Crippen LogP contribution in [0.3, 0.4) is 0 Å². The lowest BCUT2D eigenvalue weighted by Gasteiger charge is -2.32. The molecule has 3 rings (SSSR count). The Morgan fingerprint density at radius 3 is 2.03 bits per heavy atom. The highest BCUT2D eigenvalue weighted by Crippen LogP contribution is 2.36. The van der Waals surface area contributed by atoms with Gasteiger partial charge in [-0.15, -0.1) is 0 Å². The van der Waals surface area contributed by atoms with E-state index in [1.54, 1.807) is 24.3 Å². The van der Waals surface area contributed by atoms with Gasteiger partial charge in [0.1, 0.15) is 17.7 Å². The number of hydrogen-bond donors (Lipinski definition) is 2. The molecule has 1 amide bonds. The van der Waals surface area contributed by atoms with Crippen LogP contribution in [0.5, 0.6) is 0 Å². The molecule has 1 saturated heterocycles. The summed E-state index contributed by atoms with van der Waals surface area (Å²) < 4.78 is 39.5. The number of carbonyl (C=O) groups is 2. The van der Waals surface area contributed by atoms with Crippen molar-refractivity contribution in [1.82, 2.24) is 5.32 Å². The summed E-state index contributed by atoms with van der Waals surface area (Å²) in [4.78, 5) is 23.9. The summed E-state index contributed by atoms with van der Waals surface area (Å²) in [5, 5.41) is 11.8. The molecule has 0 spiro atoms. The summed E-state index contributed by atoms with van der Waals surface area (Å²) in [6.07, 6.45) is -0.590. The average molecular weight is 445 g/mol. The first-order valence-corrected chi connectivity index (χ1v) is 10.3. The van der Waals surface area contributed by atoms with E-state index >= 15 is 0 Å². The van der Waals surface area contributed by atoms with Crippen molar-refractivity contribution < 1.29 is 32.8 Å². The molecular formula is C23H26BF2NO5. The van der Waals surface area contributed by atoms with Gasteiger partial charge < -0.3 is 19.7 Å². The molecule has 1 fully saturated rings. The zero-order chi connectivity index (χ0) is 23.7. The van der Waals surface area contributed by atoms with E-state index in [1.807, 2.05) is 27.7 Å². The summed E-state index contributed by atoms with van der Waals surface area (Å²) in [5.41, 5.74) is 0.0914. The molecule has 2 N–H and O–H groups in total. The third-order valence-corrected chi connectivity index (χ3v) is 5.98. The fraction of sp³-hybridized carbons (Fsp3) is 0.391. The fourth-order valence-electron chi connectivity index (χ4n) is 3.33. The van der Waals surface area contributed by atoms with Gasteiger partial charge >= 0.3 is 13.1 Å². The van der Waals surface area contributed by atoms with Gasteiger partial charge in [0, 0.05) is 12.0 Å². The molecule has 0 radical (unpaired) electrons. The number of nitrogens with one attached hydrogen (secondary N) is 1. The Morgan fingerprint density at radius 2 is 1.53 bits per heavy atom. The molecule has 0 unspecified atom stereocenters. The van der Waals surface area contributed by atoms with Crippen molar-refractivity contribution in [2.45, 2.75) is 57.8 Å². The summed E-state index contributed by atoms with van der Waals surface area (Å²) in [5.74, 6) is -3.74. The van der Waals surface area contributed by atoms with Crippen molar-refractivity contribution in [1.29, 1.82) is 0 Å². The van der Waals surface area contributed by atoms with Crippen molar-refractivity contribution in [3.8, 4) is 0 Å². The van der Waals surface area contributed by atoms with Crippen LogP contribution < -0.4 is 10.8 Å². The highest BCUT2D eigenvalue weighted by atomic mass is 19.1. The molecule has 0 aromatic heterocycles. The Hall–Kier alpha value is -2.78. The van der Waals surface area contributed by atoms with Crippen LogP contribution in [0.25, 0.3) is 0 Å². The largest absolute Gasteiger partial charge is 0.494 e. The second-order valence-corrected chi connectivity index (χ2v) is 8.87. The quantitative estimate of drug-likeness (QED) is 0.641. The Labute approximate surface area is 186 Å². The minimum absolute atomic E-state index is 0.00444. The van der Waals surface area contributed by atoms with Crippen molar-refractivity contribution in [2.24, 2.45) is 0 Å². The minimum atomic E-state index is -1.25. The summed E-state index contributed by atoms with van der Waals surface area (Å²) in [7, 11) is -0.542. The van der Waals surface area contributed by atoms with Gasteiger partial charge in [0.05, 0.1) is 17.6 Å². The molecular weight excluding hydrogens is 419 g/mol. The van der Waals surface area contributed by atoms with Crippen molar-refractivity contribution in [2.75, 3.05) is 0 Å². The molecule has 0 saturated carbocycles. The van der Waals surface area contributed by atoms with E-state index in [-0.39, 0.29) is 6.42 Å². The lowest BCUT2D eigenvalue weighted by Crippen LogP contribution is -2.43. The average Bonchev–Trinajstić information content (AvgIpc) is 2.92. The maximum absolute atomic E-state index is 13.8. The van der Waals surface area contributed by atoms with Crippen molar-refractivity contribution >= 4 is 24.5 Å². The molecule has 2 aromatic carbocycles. The Kier molecular flexibility index (Phi) is 6.71. The summed E-state index contributed by atoms with van der Waals surface area (Å²) in [6, 6.07) is 9.07. The Balaban J connectivity index is 1.65. The maximum atomic E-state index is 13.8. The van der Waals surface area contributed by atoms with Gasteiger partial charge in [-0.05, 0) is 50.9 Å². The van der Waals surface area contributed by atoms with E-state index in [1.165, 1.54) is 6.07 Å². The first-order valence-electron chi connectivity index (χ1n) is 10.3. The van der Waals surface area contributed by atoms with Crippen LogP contribution in [-0.2, 0) is 31.7 Å². The minimum Gasteiger partial charge on any atom is -0.480 e. The summed E-state index contributed by atoms with van der Waals surface area (Å²) in [6.45, 7) is 7.81. The number of benzene rings is 2. The Morgan fingerprint density at radius 1 is 1.00 bits per heavy atom. The van der Waals surface area contributed by atoms with Gasteiger partial charge in [-0.2, -0.15) is 0 Å².